The number of hydrogen-bond donors (Lipinski definition) is 2. The van der Waals surface area contributed by atoms with E-state index in [-0.39, 0.29) is 5.91 Å². The summed E-state index contributed by atoms with van der Waals surface area (Å²) in [6.45, 7) is 2.23. The molecular formula is C25H24N4O. The third-order valence-corrected chi connectivity index (χ3v) is 5.67. The van der Waals surface area contributed by atoms with Crippen molar-refractivity contribution in [2.75, 3.05) is 23.3 Å². The minimum absolute atomic E-state index is 0.165. The summed E-state index contributed by atoms with van der Waals surface area (Å²) in [5, 5.41) is 5.19. The summed E-state index contributed by atoms with van der Waals surface area (Å²) in [6, 6.07) is 18.3. The lowest BCUT2D eigenvalue weighted by molar-refractivity contribution is -0.111. The zero-order valence-electron chi connectivity index (χ0n) is 16.8. The molecule has 1 aliphatic rings. The number of fused-ring (bicyclic) bond motifs is 3. The van der Waals surface area contributed by atoms with Crippen LogP contribution in [0, 0.1) is 0 Å². The summed E-state index contributed by atoms with van der Waals surface area (Å²) >= 11 is 0. The molecule has 0 atom stereocenters. The van der Waals surface area contributed by atoms with E-state index in [2.05, 4.69) is 44.5 Å². The van der Waals surface area contributed by atoms with Crippen molar-refractivity contribution >= 4 is 45.2 Å². The largest absolute Gasteiger partial charge is 0.372 e. The molecule has 3 heterocycles. The van der Waals surface area contributed by atoms with Gasteiger partial charge in [0.15, 0.2) is 0 Å². The number of H-pyrrole nitrogens is 1. The molecule has 0 saturated carbocycles. The zero-order valence-corrected chi connectivity index (χ0v) is 16.8. The molecule has 2 aromatic carbocycles. The fraction of sp³-hybridized carbons (Fsp3) is 0.200. The predicted molar refractivity (Wildman–Crippen MR) is 124 cm³/mol. The summed E-state index contributed by atoms with van der Waals surface area (Å²) in [6.07, 6.45) is 8.91. The number of pyridine rings is 1. The lowest BCUT2D eigenvalue weighted by atomic mass is 10.1. The van der Waals surface area contributed by atoms with Gasteiger partial charge < -0.3 is 15.2 Å². The van der Waals surface area contributed by atoms with E-state index in [4.69, 9.17) is 0 Å². The number of nitrogens with zero attached hydrogens (tertiary/aromatic N) is 2. The Morgan fingerprint density at radius 3 is 2.60 bits per heavy atom. The van der Waals surface area contributed by atoms with Gasteiger partial charge in [-0.15, -0.1) is 0 Å². The Kier molecular flexibility index (Phi) is 4.93. The smallest absolute Gasteiger partial charge is 0.248 e. The van der Waals surface area contributed by atoms with Crippen LogP contribution >= 0.6 is 0 Å². The lowest BCUT2D eigenvalue weighted by Crippen LogP contribution is -2.29. The summed E-state index contributed by atoms with van der Waals surface area (Å²) in [5.74, 6) is -0.165. The second-order valence-electron chi connectivity index (χ2n) is 7.74. The molecule has 150 valence electrons. The van der Waals surface area contributed by atoms with Gasteiger partial charge in [-0.05, 0) is 61.7 Å². The topological polar surface area (TPSA) is 61.0 Å². The minimum Gasteiger partial charge on any atom is -0.372 e. The third kappa shape index (κ3) is 3.79. The first-order valence-corrected chi connectivity index (χ1v) is 10.5. The molecule has 0 unspecified atom stereocenters. The van der Waals surface area contributed by atoms with Gasteiger partial charge in [-0.3, -0.25) is 9.78 Å². The average Bonchev–Trinajstić information content (AvgIpc) is 3.17. The van der Waals surface area contributed by atoms with Crippen LogP contribution in [-0.2, 0) is 4.79 Å². The van der Waals surface area contributed by atoms with Crippen LogP contribution in [0.15, 0.2) is 66.9 Å². The number of benzene rings is 2. The molecule has 1 fully saturated rings. The molecule has 2 aromatic heterocycles. The van der Waals surface area contributed by atoms with E-state index in [0.29, 0.717) is 0 Å². The van der Waals surface area contributed by atoms with Gasteiger partial charge in [0.25, 0.3) is 0 Å². The quantitative estimate of drug-likeness (QED) is 0.457. The van der Waals surface area contributed by atoms with E-state index in [1.165, 1.54) is 31.0 Å². The number of hydrogen-bond acceptors (Lipinski definition) is 3. The van der Waals surface area contributed by atoms with Crippen molar-refractivity contribution in [3.8, 4) is 0 Å². The van der Waals surface area contributed by atoms with Crippen LogP contribution in [0.25, 0.3) is 27.9 Å². The number of piperidine rings is 1. The maximum absolute atomic E-state index is 12.4. The Morgan fingerprint density at radius 1 is 0.967 bits per heavy atom. The second kappa shape index (κ2) is 8.03. The van der Waals surface area contributed by atoms with E-state index in [1.807, 2.05) is 36.5 Å². The Labute approximate surface area is 175 Å². The predicted octanol–water partition coefficient (Wildman–Crippen LogP) is 5.36. The van der Waals surface area contributed by atoms with E-state index in [1.54, 1.807) is 6.08 Å². The molecule has 1 aliphatic heterocycles. The number of aromatic nitrogens is 2. The van der Waals surface area contributed by atoms with Gasteiger partial charge in [-0.1, -0.05) is 18.2 Å². The van der Waals surface area contributed by atoms with Crippen LogP contribution in [-0.4, -0.2) is 29.0 Å². The molecule has 30 heavy (non-hydrogen) atoms. The van der Waals surface area contributed by atoms with Crippen molar-refractivity contribution in [2.45, 2.75) is 19.3 Å². The van der Waals surface area contributed by atoms with Gasteiger partial charge in [0.05, 0.1) is 17.4 Å². The highest BCUT2D eigenvalue weighted by atomic mass is 16.1. The summed E-state index contributed by atoms with van der Waals surface area (Å²) in [7, 11) is 0. The molecule has 4 aromatic rings. The molecule has 0 radical (unpaired) electrons. The fourth-order valence-electron chi connectivity index (χ4n) is 4.11. The molecule has 0 spiro atoms. The Morgan fingerprint density at radius 2 is 1.77 bits per heavy atom. The van der Waals surface area contributed by atoms with E-state index in [0.717, 1.165) is 46.3 Å². The normalized spacial score (nSPS) is 14.6. The highest BCUT2D eigenvalue weighted by Gasteiger charge is 2.10. The molecule has 5 rings (SSSR count). The lowest BCUT2D eigenvalue weighted by Gasteiger charge is -2.28. The first kappa shape index (κ1) is 18.4. The average molecular weight is 396 g/mol. The van der Waals surface area contributed by atoms with Crippen molar-refractivity contribution in [3.05, 3.63) is 72.6 Å². The third-order valence-electron chi connectivity index (χ3n) is 5.67. The first-order chi connectivity index (χ1) is 14.8. The number of para-hydroxylation sites is 1. The first-order valence-electron chi connectivity index (χ1n) is 10.5. The fourth-order valence-corrected chi connectivity index (χ4v) is 4.11. The van der Waals surface area contributed by atoms with Crippen LogP contribution < -0.4 is 10.2 Å². The number of nitrogens with one attached hydrogen (secondary N) is 2. The van der Waals surface area contributed by atoms with Crippen LogP contribution in [0.4, 0.5) is 11.4 Å². The SMILES string of the molecule is O=C(/C=C/c1cc2c(cn1)[nH]c1ccccc12)Nc1ccc(N2CCCCC2)cc1. The highest BCUT2D eigenvalue weighted by molar-refractivity contribution is 6.07. The number of aromatic amines is 1. The van der Waals surface area contributed by atoms with Crippen LogP contribution in [0.1, 0.15) is 25.0 Å². The second-order valence-corrected chi connectivity index (χ2v) is 7.74. The highest BCUT2D eigenvalue weighted by Crippen LogP contribution is 2.25. The van der Waals surface area contributed by atoms with E-state index < -0.39 is 0 Å². The Bertz CT molecular complexity index is 1220. The van der Waals surface area contributed by atoms with Gasteiger partial charge in [0.2, 0.25) is 5.91 Å². The standard InChI is InChI=1S/C25H24N4O/c30-25(27-18-8-11-20(12-9-18)29-14-4-1-5-15-29)13-10-19-16-22-21-6-2-3-7-23(21)28-24(22)17-26-19/h2-3,6-13,16-17,28H,1,4-5,14-15H2,(H,27,30)/b13-10+. The van der Waals surface area contributed by atoms with Gasteiger partial charge in [-0.2, -0.15) is 0 Å². The van der Waals surface area contributed by atoms with Crippen molar-refractivity contribution in [1.29, 1.82) is 0 Å². The molecule has 1 amide bonds. The minimum atomic E-state index is -0.165. The molecule has 5 heteroatoms. The zero-order chi connectivity index (χ0) is 20.3. The maximum atomic E-state index is 12.4. The number of carbonyl (C=O) groups excluding carboxylic acids is 1. The number of carbonyl (C=O) groups is 1. The number of anilines is 2. The maximum Gasteiger partial charge on any atom is 0.248 e. The van der Waals surface area contributed by atoms with Crippen LogP contribution in [0.3, 0.4) is 0 Å². The van der Waals surface area contributed by atoms with Gasteiger partial charge in [-0.25, -0.2) is 0 Å². The van der Waals surface area contributed by atoms with Gasteiger partial charge in [0.1, 0.15) is 0 Å². The van der Waals surface area contributed by atoms with Crippen molar-refractivity contribution in [2.24, 2.45) is 0 Å². The van der Waals surface area contributed by atoms with Crippen molar-refractivity contribution in [1.82, 2.24) is 9.97 Å². The molecule has 0 bridgehead atoms. The molecule has 5 nitrogen and oxygen atoms in total. The summed E-state index contributed by atoms with van der Waals surface area (Å²) in [4.78, 5) is 22.6. The summed E-state index contributed by atoms with van der Waals surface area (Å²) in [5.41, 5.74) is 4.85. The van der Waals surface area contributed by atoms with Crippen LogP contribution in [0.2, 0.25) is 0 Å². The number of rotatable bonds is 4. The molecule has 0 aliphatic carbocycles. The Hall–Kier alpha value is -3.60. The van der Waals surface area contributed by atoms with Crippen LogP contribution in [0.5, 0.6) is 0 Å². The van der Waals surface area contributed by atoms with Crippen molar-refractivity contribution in [3.63, 3.8) is 0 Å². The summed E-state index contributed by atoms with van der Waals surface area (Å²) < 4.78 is 0. The van der Waals surface area contributed by atoms with E-state index in [9.17, 15) is 4.79 Å². The molecule has 1 saturated heterocycles. The van der Waals surface area contributed by atoms with Gasteiger partial charge >= 0.3 is 0 Å². The van der Waals surface area contributed by atoms with Gasteiger partial charge in [0, 0.05) is 46.8 Å². The monoisotopic (exact) mass is 396 g/mol. The molecular weight excluding hydrogens is 372 g/mol. The number of amides is 1. The van der Waals surface area contributed by atoms with Crippen molar-refractivity contribution < 1.29 is 4.79 Å². The van der Waals surface area contributed by atoms with E-state index >= 15 is 0 Å². The Balaban J connectivity index is 1.27. The molecule has 2 N–H and O–H groups in total.